The van der Waals surface area contributed by atoms with Crippen LogP contribution in [-0.2, 0) is 0 Å². The standard InChI is InChI=1S/C21H30N2O6/c1-14-15-4-5-17(27-2)20(28-3)19(15)29-21(26)18(14)16(25)6-7-22-8-10-23(11-9-22)12-13-24/h4-5,16,24-25H,6-13H2,1-3H3. The van der Waals surface area contributed by atoms with Crippen LogP contribution in [0.3, 0.4) is 0 Å². The first-order valence-electron chi connectivity index (χ1n) is 9.92. The molecule has 1 unspecified atom stereocenters. The smallest absolute Gasteiger partial charge is 0.342 e. The zero-order valence-corrected chi connectivity index (χ0v) is 17.3. The van der Waals surface area contributed by atoms with Gasteiger partial charge in [0.15, 0.2) is 11.3 Å². The fourth-order valence-corrected chi connectivity index (χ4v) is 3.95. The quantitative estimate of drug-likeness (QED) is 0.631. The van der Waals surface area contributed by atoms with E-state index < -0.39 is 11.7 Å². The van der Waals surface area contributed by atoms with E-state index in [1.165, 1.54) is 14.2 Å². The highest BCUT2D eigenvalue weighted by molar-refractivity contribution is 5.88. The van der Waals surface area contributed by atoms with Crippen LogP contribution < -0.4 is 15.1 Å². The van der Waals surface area contributed by atoms with Gasteiger partial charge in [-0.05, 0) is 31.0 Å². The fraction of sp³-hybridized carbons (Fsp3) is 0.571. The minimum atomic E-state index is -0.904. The Morgan fingerprint density at radius 3 is 2.34 bits per heavy atom. The molecular weight excluding hydrogens is 376 g/mol. The molecule has 2 heterocycles. The molecule has 1 fully saturated rings. The number of ether oxygens (including phenoxy) is 2. The zero-order valence-electron chi connectivity index (χ0n) is 17.3. The lowest BCUT2D eigenvalue weighted by Crippen LogP contribution is -2.47. The van der Waals surface area contributed by atoms with Crippen molar-refractivity contribution in [1.82, 2.24) is 9.80 Å². The predicted molar refractivity (Wildman–Crippen MR) is 110 cm³/mol. The number of hydrogen-bond donors (Lipinski definition) is 2. The van der Waals surface area contributed by atoms with Gasteiger partial charge < -0.3 is 29.0 Å². The van der Waals surface area contributed by atoms with Gasteiger partial charge in [0.1, 0.15) is 0 Å². The van der Waals surface area contributed by atoms with Gasteiger partial charge in [-0.3, -0.25) is 4.90 Å². The van der Waals surface area contributed by atoms with Crippen molar-refractivity contribution >= 4 is 11.0 Å². The summed E-state index contributed by atoms with van der Waals surface area (Å²) in [5.74, 6) is 0.850. The maximum atomic E-state index is 12.7. The maximum absolute atomic E-state index is 12.7. The molecule has 0 amide bonds. The number of fused-ring (bicyclic) bond motifs is 1. The van der Waals surface area contributed by atoms with Gasteiger partial charge >= 0.3 is 5.63 Å². The van der Waals surface area contributed by atoms with Gasteiger partial charge in [-0.25, -0.2) is 4.79 Å². The summed E-state index contributed by atoms with van der Waals surface area (Å²) >= 11 is 0. The summed E-state index contributed by atoms with van der Waals surface area (Å²) in [6.45, 7) is 6.94. The zero-order chi connectivity index (χ0) is 21.0. The summed E-state index contributed by atoms with van der Waals surface area (Å²) in [5, 5.41) is 20.5. The summed E-state index contributed by atoms with van der Waals surface area (Å²) in [4.78, 5) is 17.1. The molecule has 2 aromatic rings. The monoisotopic (exact) mass is 406 g/mol. The number of nitrogens with zero attached hydrogens (tertiary/aromatic N) is 2. The SMILES string of the molecule is COc1ccc2c(C)c(C(O)CCN3CCN(CCO)CC3)c(=O)oc2c1OC. The van der Waals surface area contributed by atoms with Gasteiger partial charge in [0, 0.05) is 44.7 Å². The van der Waals surface area contributed by atoms with E-state index in [0.717, 1.165) is 26.2 Å². The van der Waals surface area contributed by atoms with Crippen molar-refractivity contribution in [2.45, 2.75) is 19.4 Å². The molecule has 1 aliphatic heterocycles. The number of aryl methyl sites for hydroxylation is 1. The molecule has 0 bridgehead atoms. The molecule has 2 N–H and O–H groups in total. The van der Waals surface area contributed by atoms with Gasteiger partial charge in [0.25, 0.3) is 0 Å². The molecule has 0 aliphatic carbocycles. The van der Waals surface area contributed by atoms with Gasteiger partial charge in [-0.15, -0.1) is 0 Å². The maximum Gasteiger partial charge on any atom is 0.342 e. The average Bonchev–Trinajstić information content (AvgIpc) is 2.72. The first-order valence-corrected chi connectivity index (χ1v) is 9.92. The molecule has 29 heavy (non-hydrogen) atoms. The second kappa shape index (κ2) is 9.58. The largest absolute Gasteiger partial charge is 0.493 e. The first kappa shape index (κ1) is 21.6. The van der Waals surface area contributed by atoms with Crippen LogP contribution in [-0.4, -0.2) is 80.1 Å². The van der Waals surface area contributed by atoms with E-state index >= 15 is 0 Å². The highest BCUT2D eigenvalue weighted by Crippen LogP contribution is 2.37. The van der Waals surface area contributed by atoms with Crippen LogP contribution in [0.5, 0.6) is 11.5 Å². The van der Waals surface area contributed by atoms with Crippen LogP contribution in [0.4, 0.5) is 0 Å². The van der Waals surface area contributed by atoms with Crippen LogP contribution in [0, 0.1) is 6.92 Å². The molecule has 8 heteroatoms. The number of β-amino-alcohol motifs (C(OH)–C–C–N with tert-alkyl or cyclic N) is 1. The Kier molecular flexibility index (Phi) is 7.13. The molecule has 1 atom stereocenters. The molecule has 1 saturated heterocycles. The Labute approximate surface area is 170 Å². The molecule has 160 valence electrons. The van der Waals surface area contributed by atoms with Crippen LogP contribution in [0.1, 0.15) is 23.7 Å². The van der Waals surface area contributed by atoms with Crippen LogP contribution in [0.15, 0.2) is 21.3 Å². The van der Waals surface area contributed by atoms with Gasteiger partial charge in [-0.2, -0.15) is 0 Å². The number of piperazine rings is 1. The number of aliphatic hydroxyl groups is 2. The molecular formula is C21H30N2O6. The van der Waals surface area contributed by atoms with Gasteiger partial charge in [0.05, 0.1) is 32.5 Å². The Morgan fingerprint density at radius 2 is 1.76 bits per heavy atom. The topological polar surface area (TPSA) is 95.6 Å². The Hall–Kier alpha value is -2.13. The molecule has 8 nitrogen and oxygen atoms in total. The summed E-state index contributed by atoms with van der Waals surface area (Å²) in [6.07, 6.45) is -0.455. The van der Waals surface area contributed by atoms with E-state index in [2.05, 4.69) is 9.80 Å². The predicted octanol–water partition coefficient (Wildman–Crippen LogP) is 1.15. The van der Waals surface area contributed by atoms with Crippen molar-refractivity contribution in [2.24, 2.45) is 0 Å². The van der Waals surface area contributed by atoms with E-state index in [1.54, 1.807) is 6.07 Å². The number of methoxy groups -OCH3 is 2. The van der Waals surface area contributed by atoms with Crippen molar-refractivity contribution in [2.75, 3.05) is 60.1 Å². The number of rotatable bonds is 8. The van der Waals surface area contributed by atoms with Crippen molar-refractivity contribution in [3.8, 4) is 11.5 Å². The summed E-state index contributed by atoms with van der Waals surface area (Å²) in [5.41, 5.74) is 0.758. The highest BCUT2D eigenvalue weighted by atomic mass is 16.5. The average molecular weight is 406 g/mol. The number of hydrogen-bond acceptors (Lipinski definition) is 8. The van der Waals surface area contributed by atoms with Crippen LogP contribution in [0.2, 0.25) is 0 Å². The number of benzene rings is 1. The van der Waals surface area contributed by atoms with Gasteiger partial charge in [-0.1, -0.05) is 0 Å². The Morgan fingerprint density at radius 1 is 1.10 bits per heavy atom. The van der Waals surface area contributed by atoms with E-state index in [4.69, 9.17) is 19.0 Å². The van der Waals surface area contributed by atoms with Crippen LogP contribution in [0.25, 0.3) is 11.0 Å². The summed E-state index contributed by atoms with van der Waals surface area (Å²) in [6, 6.07) is 3.57. The second-order valence-electron chi connectivity index (χ2n) is 7.32. The molecule has 1 aromatic heterocycles. The first-order chi connectivity index (χ1) is 14.0. The Balaban J connectivity index is 1.76. The minimum absolute atomic E-state index is 0.173. The molecule has 0 spiro atoms. The minimum Gasteiger partial charge on any atom is -0.493 e. The Bertz CT molecular complexity index is 889. The van der Waals surface area contributed by atoms with E-state index in [-0.39, 0.29) is 6.61 Å². The third-order valence-electron chi connectivity index (χ3n) is 5.66. The molecule has 1 aliphatic rings. The lowest BCUT2D eigenvalue weighted by Gasteiger charge is -2.34. The normalized spacial score (nSPS) is 16.9. The van der Waals surface area contributed by atoms with Gasteiger partial charge in [0.2, 0.25) is 5.75 Å². The fourth-order valence-electron chi connectivity index (χ4n) is 3.95. The third-order valence-corrected chi connectivity index (χ3v) is 5.66. The third kappa shape index (κ3) is 4.56. The van der Waals surface area contributed by atoms with Crippen molar-refractivity contribution in [1.29, 1.82) is 0 Å². The van der Waals surface area contributed by atoms with Crippen molar-refractivity contribution in [3.05, 3.63) is 33.7 Å². The second-order valence-corrected chi connectivity index (χ2v) is 7.32. The lowest BCUT2D eigenvalue weighted by atomic mass is 9.99. The molecule has 3 rings (SSSR count). The van der Waals surface area contributed by atoms with E-state index in [1.807, 2.05) is 13.0 Å². The summed E-state index contributed by atoms with van der Waals surface area (Å²) < 4.78 is 16.2. The van der Waals surface area contributed by atoms with Crippen molar-refractivity contribution < 1.29 is 24.1 Å². The lowest BCUT2D eigenvalue weighted by molar-refractivity contribution is 0.0913. The van der Waals surface area contributed by atoms with Crippen LogP contribution >= 0.6 is 0 Å². The van der Waals surface area contributed by atoms with E-state index in [9.17, 15) is 9.90 Å². The molecule has 0 radical (unpaired) electrons. The van der Waals surface area contributed by atoms with Crippen molar-refractivity contribution in [3.63, 3.8) is 0 Å². The van der Waals surface area contributed by atoms with E-state index in [0.29, 0.717) is 53.1 Å². The summed E-state index contributed by atoms with van der Waals surface area (Å²) in [7, 11) is 3.02. The highest BCUT2D eigenvalue weighted by Gasteiger charge is 2.23. The molecule has 0 saturated carbocycles. The number of aliphatic hydroxyl groups excluding tert-OH is 2. The molecule has 1 aromatic carbocycles.